The van der Waals surface area contributed by atoms with E-state index in [1.165, 1.54) is 19.3 Å². The molecule has 0 aliphatic carbocycles. The van der Waals surface area contributed by atoms with Gasteiger partial charge in [0.25, 0.3) is 0 Å². The van der Waals surface area contributed by atoms with Gasteiger partial charge >= 0.3 is 12.1 Å². The van der Waals surface area contributed by atoms with Crippen LogP contribution in [-0.4, -0.2) is 57.4 Å². The van der Waals surface area contributed by atoms with Crippen LogP contribution >= 0.6 is 10.9 Å². The number of ether oxygens (including phenoxy) is 2. The molecule has 1 N–H and O–H groups in total. The molecule has 0 aliphatic heterocycles. The number of alkyl carbamates (subject to hydrolysis) is 1. The Morgan fingerprint density at radius 3 is 1.59 bits per heavy atom. The average molecular weight is 508 g/mol. The van der Waals surface area contributed by atoms with E-state index >= 15 is 0 Å². The normalized spacial score (nSPS) is 11.8. The first kappa shape index (κ1) is 32.7. The second kappa shape index (κ2) is 22.2. The monoisotopic (exact) mass is 507 g/mol. The summed E-state index contributed by atoms with van der Waals surface area (Å²) in [6.45, 7) is 14.0. The highest BCUT2D eigenvalue weighted by Gasteiger charge is 2.25. The van der Waals surface area contributed by atoms with Crippen molar-refractivity contribution in [3.05, 3.63) is 12.2 Å². The minimum absolute atomic E-state index is 0.300. The van der Waals surface area contributed by atoms with Gasteiger partial charge in [-0.05, 0) is 47.0 Å². The van der Waals surface area contributed by atoms with Gasteiger partial charge in [0, 0.05) is 17.9 Å². The van der Waals surface area contributed by atoms with Gasteiger partial charge in [-0.25, -0.2) is 9.59 Å². The fraction of sp³-hybridized carbons (Fsp3) is 0.840. The molecule has 1 amide bonds. The summed E-state index contributed by atoms with van der Waals surface area (Å²) >= 11 is 0. The number of esters is 1. The smallest absolute Gasteiger partial charge is 0.407 e. The van der Waals surface area contributed by atoms with Crippen molar-refractivity contribution in [2.24, 2.45) is 0 Å². The third kappa shape index (κ3) is 18.1. The van der Waals surface area contributed by atoms with Gasteiger partial charge in [-0.1, -0.05) is 51.5 Å². The molecule has 8 nitrogen and oxygen atoms in total. The third-order valence-corrected chi connectivity index (χ3v) is 7.41. The van der Waals surface area contributed by atoms with Crippen LogP contribution in [-0.2, 0) is 26.8 Å². The molecule has 0 aliphatic rings. The summed E-state index contributed by atoms with van der Waals surface area (Å²) in [7, 11) is -2.00. The maximum atomic E-state index is 11.8. The molecule has 0 spiro atoms. The summed E-state index contributed by atoms with van der Waals surface area (Å²) in [6.07, 6.45) is 10.2. The molecule has 34 heavy (non-hydrogen) atoms. The van der Waals surface area contributed by atoms with Gasteiger partial charge in [-0.2, -0.15) is 0 Å². The van der Waals surface area contributed by atoms with E-state index in [4.69, 9.17) is 22.0 Å². The van der Waals surface area contributed by atoms with Crippen LogP contribution in [0.5, 0.6) is 0 Å². The molecule has 9 heteroatoms. The predicted octanol–water partition coefficient (Wildman–Crippen LogP) is 6.39. The second-order valence-electron chi connectivity index (χ2n) is 8.00. The van der Waals surface area contributed by atoms with Crippen LogP contribution in [0.15, 0.2) is 12.2 Å². The molecule has 0 atom stereocenters. The number of unbranched alkanes of at least 4 members (excludes halogenated alkanes) is 8. The van der Waals surface area contributed by atoms with E-state index in [9.17, 15) is 9.59 Å². The van der Waals surface area contributed by atoms with Gasteiger partial charge in [0.05, 0.1) is 43.9 Å². The van der Waals surface area contributed by atoms with Crippen LogP contribution in [0.25, 0.3) is 0 Å². The van der Waals surface area contributed by atoms with E-state index in [1.54, 1.807) is 6.92 Å². The third-order valence-electron chi connectivity index (χ3n) is 4.84. The van der Waals surface area contributed by atoms with Crippen molar-refractivity contribution in [3.63, 3.8) is 0 Å². The Bertz CT molecular complexity index is 528. The number of hydrogen-bond acceptors (Lipinski definition) is 7. The van der Waals surface area contributed by atoms with E-state index in [2.05, 4.69) is 11.9 Å². The van der Waals surface area contributed by atoms with E-state index < -0.39 is 10.9 Å². The number of rotatable bonds is 23. The Hall–Kier alpha value is -1.29. The predicted molar refractivity (Wildman–Crippen MR) is 139 cm³/mol. The fourth-order valence-corrected chi connectivity index (χ4v) is 5.34. The lowest BCUT2D eigenvalue weighted by molar-refractivity contribution is -0.139. The van der Waals surface area contributed by atoms with Crippen LogP contribution in [0.4, 0.5) is 4.79 Å². The first-order valence-corrected chi connectivity index (χ1v) is 14.5. The van der Waals surface area contributed by atoms with Crippen LogP contribution in [0, 0.1) is 0 Å². The fourth-order valence-electron chi connectivity index (χ4n) is 3.20. The zero-order valence-electron chi connectivity index (χ0n) is 22.0. The highest BCUT2D eigenvalue weighted by atomic mass is 32.3. The minimum atomic E-state index is -2.00. The minimum Gasteiger partial charge on any atom is -0.462 e. The number of amides is 1. The van der Waals surface area contributed by atoms with Crippen molar-refractivity contribution >= 4 is 22.9 Å². The summed E-state index contributed by atoms with van der Waals surface area (Å²) < 4.78 is 27.6. The van der Waals surface area contributed by atoms with Crippen molar-refractivity contribution in [2.75, 3.05) is 45.3 Å². The van der Waals surface area contributed by atoms with Crippen LogP contribution in [0.1, 0.15) is 91.9 Å². The molecule has 0 aromatic heterocycles. The zero-order valence-corrected chi connectivity index (χ0v) is 22.8. The Balaban J connectivity index is 3.59. The molecule has 0 unspecified atom stereocenters. The van der Waals surface area contributed by atoms with Crippen molar-refractivity contribution < 1.29 is 31.6 Å². The van der Waals surface area contributed by atoms with E-state index in [1.807, 2.05) is 20.8 Å². The van der Waals surface area contributed by atoms with Crippen LogP contribution < -0.4 is 5.32 Å². The Morgan fingerprint density at radius 1 is 0.706 bits per heavy atom. The van der Waals surface area contributed by atoms with Crippen LogP contribution in [0.3, 0.4) is 0 Å². The molecule has 202 valence electrons. The van der Waals surface area contributed by atoms with Crippen molar-refractivity contribution in [2.45, 2.75) is 91.9 Å². The number of carbonyl (C=O) groups is 2. The molecule has 0 fully saturated rings. The number of hydrogen-bond donors (Lipinski definition) is 1. The largest absolute Gasteiger partial charge is 0.462 e. The Morgan fingerprint density at radius 2 is 1.15 bits per heavy atom. The maximum Gasteiger partial charge on any atom is 0.407 e. The molecule has 0 rings (SSSR count). The van der Waals surface area contributed by atoms with Crippen LogP contribution in [0.2, 0.25) is 0 Å². The van der Waals surface area contributed by atoms with Gasteiger partial charge in [0.1, 0.15) is 0 Å². The van der Waals surface area contributed by atoms with Gasteiger partial charge < -0.3 is 14.8 Å². The lowest BCUT2D eigenvalue weighted by Gasteiger charge is -2.36. The molecule has 0 radical (unpaired) electrons. The molecule has 0 aromatic rings. The SMILES string of the molecule is C=C(C)C(=O)OCCCCCCCCCCCOC(=O)NCCCS(OCC)(OCC)OCC. The Kier molecular flexibility index (Phi) is 21.3. The molecule has 0 saturated heterocycles. The zero-order chi connectivity index (χ0) is 25.5. The topological polar surface area (TPSA) is 92.3 Å². The number of nitrogens with one attached hydrogen (secondary N) is 1. The lowest BCUT2D eigenvalue weighted by Crippen LogP contribution is -2.27. The van der Waals surface area contributed by atoms with E-state index in [-0.39, 0.29) is 12.1 Å². The molecule has 0 saturated carbocycles. The first-order chi connectivity index (χ1) is 16.4. The standard InChI is InChI=1S/C25H49NO7S/c1-6-31-34(32-7-2,33-8-3)22-18-19-26-25(28)30-21-17-15-13-11-9-10-12-14-16-20-29-24(27)23(4)5/h4,6-22H2,1-3,5H3,(H,26,28). The van der Waals surface area contributed by atoms with Crippen molar-refractivity contribution in [1.82, 2.24) is 5.32 Å². The second-order valence-corrected chi connectivity index (χ2v) is 10.2. The van der Waals surface area contributed by atoms with Gasteiger partial charge in [0.15, 0.2) is 0 Å². The van der Waals surface area contributed by atoms with Crippen molar-refractivity contribution in [3.8, 4) is 0 Å². The molecule has 0 heterocycles. The average Bonchev–Trinajstić information content (AvgIpc) is 2.80. The Labute approximate surface area is 209 Å². The van der Waals surface area contributed by atoms with Gasteiger partial charge in [-0.15, -0.1) is 0 Å². The number of carbonyl (C=O) groups excluding carboxylic acids is 2. The van der Waals surface area contributed by atoms with Crippen molar-refractivity contribution in [1.29, 1.82) is 0 Å². The van der Waals surface area contributed by atoms with Gasteiger partial charge in [0.2, 0.25) is 0 Å². The summed E-state index contributed by atoms with van der Waals surface area (Å²) in [4.78, 5) is 23.1. The summed E-state index contributed by atoms with van der Waals surface area (Å²) in [5.74, 6) is 0.316. The molecule has 0 aromatic carbocycles. The summed E-state index contributed by atoms with van der Waals surface area (Å²) in [6, 6.07) is 0. The quantitative estimate of drug-likeness (QED) is 0.0972. The lowest BCUT2D eigenvalue weighted by atomic mass is 10.1. The maximum absolute atomic E-state index is 11.8. The van der Waals surface area contributed by atoms with Gasteiger partial charge in [-0.3, -0.25) is 12.5 Å². The summed E-state index contributed by atoms with van der Waals surface area (Å²) in [5, 5.41) is 2.79. The van der Waals surface area contributed by atoms with E-state index in [0.717, 1.165) is 38.5 Å². The molecular weight excluding hydrogens is 458 g/mol. The summed E-state index contributed by atoms with van der Waals surface area (Å²) in [5.41, 5.74) is 0.451. The van der Waals surface area contributed by atoms with E-state index in [0.29, 0.717) is 57.3 Å². The first-order valence-electron chi connectivity index (χ1n) is 12.9. The highest BCUT2D eigenvalue weighted by Crippen LogP contribution is 2.51. The highest BCUT2D eigenvalue weighted by molar-refractivity contribution is 8.21. The molecular formula is C25H49NO7S. The molecule has 0 bridgehead atoms.